The molecule has 2 aromatic rings. The van der Waals surface area contributed by atoms with Crippen molar-refractivity contribution in [2.45, 2.75) is 24.5 Å². The van der Waals surface area contributed by atoms with E-state index in [2.05, 4.69) is 15.5 Å². The third kappa shape index (κ3) is 2.69. The van der Waals surface area contributed by atoms with Gasteiger partial charge in [-0.3, -0.25) is 0 Å². The van der Waals surface area contributed by atoms with Gasteiger partial charge >= 0.3 is 0 Å². The molecule has 21 heavy (non-hydrogen) atoms. The third-order valence-corrected chi connectivity index (χ3v) is 5.41. The van der Waals surface area contributed by atoms with Gasteiger partial charge in [-0.1, -0.05) is 12.1 Å². The zero-order chi connectivity index (χ0) is 14.9. The highest BCUT2D eigenvalue weighted by Crippen LogP contribution is 2.21. The molecule has 3 rings (SSSR count). The fourth-order valence-electron chi connectivity index (χ4n) is 2.38. The van der Waals surface area contributed by atoms with E-state index >= 15 is 0 Å². The highest BCUT2D eigenvalue weighted by Gasteiger charge is 2.29. The Labute approximate surface area is 123 Å². The quantitative estimate of drug-likeness (QED) is 0.873. The number of hydrogen-bond donors (Lipinski definition) is 1. The van der Waals surface area contributed by atoms with Gasteiger partial charge in [0.2, 0.25) is 10.0 Å². The molecule has 7 nitrogen and oxygen atoms in total. The molecule has 0 saturated heterocycles. The Morgan fingerprint density at radius 3 is 2.71 bits per heavy atom. The van der Waals surface area contributed by atoms with Gasteiger partial charge in [0.1, 0.15) is 12.2 Å². The average Bonchev–Trinajstić information content (AvgIpc) is 2.95. The predicted molar refractivity (Wildman–Crippen MR) is 76.8 cm³/mol. The van der Waals surface area contributed by atoms with E-state index < -0.39 is 10.0 Å². The van der Waals surface area contributed by atoms with E-state index in [0.29, 0.717) is 30.4 Å². The molecule has 0 aliphatic carbocycles. The molecule has 0 amide bonds. The first-order valence-corrected chi connectivity index (χ1v) is 8.15. The van der Waals surface area contributed by atoms with Crippen molar-refractivity contribution in [3.8, 4) is 0 Å². The third-order valence-electron chi connectivity index (χ3n) is 3.55. The van der Waals surface area contributed by atoms with E-state index in [9.17, 15) is 8.42 Å². The number of hydrogen-bond acceptors (Lipinski definition) is 5. The summed E-state index contributed by atoms with van der Waals surface area (Å²) < 4.78 is 28.6. The average molecular weight is 307 g/mol. The number of rotatable bonds is 4. The molecule has 2 heterocycles. The lowest BCUT2D eigenvalue weighted by atomic mass is 10.2. The Morgan fingerprint density at radius 1 is 1.24 bits per heavy atom. The lowest BCUT2D eigenvalue weighted by molar-refractivity contribution is 0.335. The van der Waals surface area contributed by atoms with E-state index in [1.54, 1.807) is 18.5 Å². The summed E-state index contributed by atoms with van der Waals surface area (Å²) in [6.07, 6.45) is 1.63. The topological polar surface area (TPSA) is 80.1 Å². The largest absolute Gasteiger partial charge is 0.316 e. The number of aromatic nitrogens is 3. The fourth-order valence-corrected chi connectivity index (χ4v) is 3.77. The van der Waals surface area contributed by atoms with Crippen LogP contribution >= 0.6 is 0 Å². The van der Waals surface area contributed by atoms with Crippen LogP contribution in [-0.4, -0.2) is 41.1 Å². The van der Waals surface area contributed by atoms with Gasteiger partial charge in [-0.15, -0.1) is 10.2 Å². The number of sulfonamides is 1. The zero-order valence-corrected chi connectivity index (χ0v) is 12.5. The van der Waals surface area contributed by atoms with E-state index in [4.69, 9.17) is 0 Å². The van der Waals surface area contributed by atoms with Crippen molar-refractivity contribution in [3.05, 3.63) is 42.0 Å². The summed E-state index contributed by atoms with van der Waals surface area (Å²) in [5, 5.41) is 10.8. The zero-order valence-electron chi connectivity index (χ0n) is 11.7. The smallest absolute Gasteiger partial charge is 0.243 e. The molecule has 0 unspecified atom stereocenters. The number of fused-ring (bicyclic) bond motifs is 1. The maximum absolute atomic E-state index is 12.6. The molecular formula is C13H17N5O2S. The van der Waals surface area contributed by atoms with Gasteiger partial charge in [0.15, 0.2) is 0 Å². The number of nitrogens with zero attached hydrogens (tertiary/aromatic N) is 4. The Hall–Kier alpha value is -1.77. The Bertz CT molecular complexity index is 723. The molecule has 0 atom stereocenters. The minimum absolute atomic E-state index is 0.264. The molecule has 0 bridgehead atoms. The molecule has 0 spiro atoms. The summed E-state index contributed by atoms with van der Waals surface area (Å²) in [5.74, 6) is 0.677. The maximum atomic E-state index is 12.6. The van der Waals surface area contributed by atoms with Gasteiger partial charge in [-0.2, -0.15) is 4.31 Å². The van der Waals surface area contributed by atoms with Gasteiger partial charge in [0, 0.05) is 19.6 Å². The molecule has 1 aromatic carbocycles. The minimum atomic E-state index is -3.48. The van der Waals surface area contributed by atoms with Crippen molar-refractivity contribution in [3.63, 3.8) is 0 Å². The van der Waals surface area contributed by atoms with Gasteiger partial charge in [0.05, 0.1) is 11.4 Å². The lowest BCUT2D eigenvalue weighted by Gasteiger charge is -2.26. The van der Waals surface area contributed by atoms with Crippen LogP contribution < -0.4 is 5.32 Å². The van der Waals surface area contributed by atoms with Crippen molar-refractivity contribution in [1.82, 2.24) is 24.4 Å². The molecule has 0 radical (unpaired) electrons. The fraction of sp³-hybridized carbons (Fsp3) is 0.385. The molecule has 1 N–H and O–H groups in total. The second kappa shape index (κ2) is 5.55. The number of nitrogens with one attached hydrogen (secondary N) is 1. The Balaban J connectivity index is 1.84. The first-order chi connectivity index (χ1) is 10.1. The summed E-state index contributed by atoms with van der Waals surface area (Å²) in [6, 6.07) is 6.97. The van der Waals surface area contributed by atoms with Gasteiger partial charge in [0.25, 0.3) is 0 Å². The maximum Gasteiger partial charge on any atom is 0.243 e. The van der Waals surface area contributed by atoms with E-state index in [-0.39, 0.29) is 6.54 Å². The Morgan fingerprint density at radius 2 is 2.00 bits per heavy atom. The van der Waals surface area contributed by atoms with Crippen molar-refractivity contribution in [2.75, 3.05) is 13.6 Å². The minimum Gasteiger partial charge on any atom is -0.316 e. The summed E-state index contributed by atoms with van der Waals surface area (Å²) >= 11 is 0. The van der Waals surface area contributed by atoms with Crippen LogP contribution in [-0.2, 0) is 29.7 Å². The van der Waals surface area contributed by atoms with E-state index in [1.165, 1.54) is 4.31 Å². The van der Waals surface area contributed by atoms with Crippen molar-refractivity contribution < 1.29 is 8.42 Å². The van der Waals surface area contributed by atoms with Crippen LogP contribution in [0.25, 0.3) is 0 Å². The highest BCUT2D eigenvalue weighted by atomic mass is 32.2. The summed E-state index contributed by atoms with van der Waals surface area (Å²) in [6.45, 7) is 2.00. The summed E-state index contributed by atoms with van der Waals surface area (Å²) in [5.41, 5.74) is 1.05. The van der Waals surface area contributed by atoms with Gasteiger partial charge < -0.3 is 9.88 Å². The molecule has 112 valence electrons. The van der Waals surface area contributed by atoms with Crippen molar-refractivity contribution >= 4 is 10.0 Å². The van der Waals surface area contributed by atoms with Crippen LogP contribution in [0.3, 0.4) is 0 Å². The first-order valence-electron chi connectivity index (χ1n) is 6.71. The SMILES string of the molecule is CNCc1ccc(S(=O)(=O)N2CCn3cnnc3C2)cc1. The molecular weight excluding hydrogens is 290 g/mol. The van der Waals surface area contributed by atoms with Gasteiger partial charge in [-0.25, -0.2) is 8.42 Å². The van der Waals surface area contributed by atoms with E-state index in [0.717, 1.165) is 5.56 Å². The predicted octanol–water partition coefficient (Wildman–Crippen LogP) is 0.202. The van der Waals surface area contributed by atoms with Crippen LogP contribution in [0.1, 0.15) is 11.4 Å². The standard InChI is InChI=1S/C13H17N5O2S/c1-14-8-11-2-4-12(5-3-11)21(19,20)18-7-6-17-10-15-16-13(17)9-18/h2-5,10,14H,6-9H2,1H3. The monoisotopic (exact) mass is 307 g/mol. The lowest BCUT2D eigenvalue weighted by Crippen LogP contribution is -2.38. The normalized spacial score (nSPS) is 15.9. The second-order valence-electron chi connectivity index (χ2n) is 4.95. The first kappa shape index (κ1) is 14.2. The molecule has 1 aromatic heterocycles. The molecule has 8 heteroatoms. The van der Waals surface area contributed by atoms with Crippen molar-refractivity contribution in [2.24, 2.45) is 0 Å². The molecule has 0 saturated carbocycles. The molecule has 1 aliphatic rings. The van der Waals surface area contributed by atoms with Crippen LogP contribution in [0.15, 0.2) is 35.5 Å². The van der Waals surface area contributed by atoms with Crippen LogP contribution in [0.5, 0.6) is 0 Å². The molecule has 0 fully saturated rings. The summed E-state index contributed by atoms with van der Waals surface area (Å²) in [7, 11) is -1.63. The van der Waals surface area contributed by atoms with Crippen LogP contribution in [0.2, 0.25) is 0 Å². The van der Waals surface area contributed by atoms with Crippen LogP contribution in [0.4, 0.5) is 0 Å². The number of benzene rings is 1. The summed E-state index contributed by atoms with van der Waals surface area (Å²) in [4.78, 5) is 0.315. The Kier molecular flexibility index (Phi) is 3.75. The molecule has 1 aliphatic heterocycles. The second-order valence-corrected chi connectivity index (χ2v) is 6.89. The van der Waals surface area contributed by atoms with Gasteiger partial charge in [-0.05, 0) is 24.7 Å². The van der Waals surface area contributed by atoms with Crippen molar-refractivity contribution in [1.29, 1.82) is 0 Å². The van der Waals surface area contributed by atoms with Crippen LogP contribution in [0, 0.1) is 0 Å². The van der Waals surface area contributed by atoms with E-state index in [1.807, 2.05) is 23.7 Å². The highest BCUT2D eigenvalue weighted by molar-refractivity contribution is 7.89.